The highest BCUT2D eigenvalue weighted by atomic mass is 16.5. The highest BCUT2D eigenvalue weighted by Crippen LogP contribution is 2.19. The van der Waals surface area contributed by atoms with E-state index in [1.54, 1.807) is 24.3 Å². The lowest BCUT2D eigenvalue weighted by molar-refractivity contribution is -0.124. The molecule has 0 atom stereocenters. The maximum atomic E-state index is 11.9. The Bertz CT molecular complexity index is 743. The standard InChI is InChI=1S/C18H20N2O5/c1-11-16(12(2)25-20-11)9-23-15-7-3-13(4-8-15)18(22)24-10-17(21)19-14-5-6-14/h3-4,7-8,14H,5-6,9-10H2,1-2H3,(H,19,21). The predicted molar refractivity (Wildman–Crippen MR) is 88.2 cm³/mol. The average Bonchev–Trinajstić information content (AvgIpc) is 3.36. The first-order chi connectivity index (χ1) is 12.0. The minimum Gasteiger partial charge on any atom is -0.489 e. The molecule has 1 fully saturated rings. The van der Waals surface area contributed by atoms with Gasteiger partial charge in [-0.05, 0) is 51.0 Å². The fourth-order valence-corrected chi connectivity index (χ4v) is 2.26. The van der Waals surface area contributed by atoms with Gasteiger partial charge in [0.1, 0.15) is 18.1 Å². The number of carbonyl (C=O) groups excluding carboxylic acids is 2. The number of amides is 1. The molecule has 1 heterocycles. The van der Waals surface area contributed by atoms with Crippen LogP contribution in [0, 0.1) is 13.8 Å². The van der Waals surface area contributed by atoms with E-state index in [2.05, 4.69) is 10.5 Å². The molecule has 1 N–H and O–H groups in total. The molecule has 0 unspecified atom stereocenters. The lowest BCUT2D eigenvalue weighted by Crippen LogP contribution is -2.30. The molecule has 132 valence electrons. The Balaban J connectivity index is 1.49. The van der Waals surface area contributed by atoms with E-state index in [4.69, 9.17) is 14.0 Å². The molecule has 1 amide bonds. The third-order valence-electron chi connectivity index (χ3n) is 3.93. The molecule has 0 radical (unpaired) electrons. The largest absolute Gasteiger partial charge is 0.489 e. The normalized spacial score (nSPS) is 13.4. The van der Waals surface area contributed by atoms with Crippen molar-refractivity contribution in [3.63, 3.8) is 0 Å². The van der Waals surface area contributed by atoms with Gasteiger partial charge in [-0.1, -0.05) is 5.16 Å². The predicted octanol–water partition coefficient (Wildman–Crippen LogP) is 2.31. The average molecular weight is 344 g/mol. The number of hydrogen-bond donors (Lipinski definition) is 1. The van der Waals surface area contributed by atoms with E-state index < -0.39 is 5.97 Å². The molecule has 25 heavy (non-hydrogen) atoms. The van der Waals surface area contributed by atoms with Crippen LogP contribution in [0.25, 0.3) is 0 Å². The molecule has 3 rings (SSSR count). The number of aromatic nitrogens is 1. The van der Waals surface area contributed by atoms with Crippen LogP contribution in [-0.2, 0) is 16.1 Å². The van der Waals surface area contributed by atoms with Crippen LogP contribution in [0.4, 0.5) is 0 Å². The lowest BCUT2D eigenvalue weighted by atomic mass is 10.2. The highest BCUT2D eigenvalue weighted by Gasteiger charge is 2.23. The van der Waals surface area contributed by atoms with Crippen LogP contribution in [0.15, 0.2) is 28.8 Å². The van der Waals surface area contributed by atoms with Crippen molar-refractivity contribution in [3.8, 4) is 5.75 Å². The number of aryl methyl sites for hydroxylation is 2. The molecule has 1 saturated carbocycles. The van der Waals surface area contributed by atoms with Gasteiger partial charge in [0.05, 0.1) is 16.8 Å². The van der Waals surface area contributed by atoms with Gasteiger partial charge in [-0.25, -0.2) is 4.79 Å². The summed E-state index contributed by atoms with van der Waals surface area (Å²) in [7, 11) is 0. The van der Waals surface area contributed by atoms with E-state index in [1.165, 1.54) is 0 Å². The molecule has 0 spiro atoms. The Morgan fingerprint density at radius 3 is 2.56 bits per heavy atom. The van der Waals surface area contributed by atoms with Crippen LogP contribution in [-0.4, -0.2) is 29.7 Å². The molecule has 1 aromatic heterocycles. The lowest BCUT2D eigenvalue weighted by Gasteiger charge is -2.08. The fourth-order valence-electron chi connectivity index (χ4n) is 2.26. The maximum Gasteiger partial charge on any atom is 0.338 e. The van der Waals surface area contributed by atoms with E-state index in [-0.39, 0.29) is 18.6 Å². The van der Waals surface area contributed by atoms with E-state index in [1.807, 2.05) is 13.8 Å². The van der Waals surface area contributed by atoms with Crippen molar-refractivity contribution in [1.82, 2.24) is 10.5 Å². The van der Waals surface area contributed by atoms with Crippen LogP contribution < -0.4 is 10.1 Å². The summed E-state index contributed by atoms with van der Waals surface area (Å²) in [5.41, 5.74) is 2.07. The van der Waals surface area contributed by atoms with E-state index in [9.17, 15) is 9.59 Å². The Morgan fingerprint density at radius 1 is 1.24 bits per heavy atom. The second kappa shape index (κ2) is 7.38. The summed E-state index contributed by atoms with van der Waals surface area (Å²) in [6.07, 6.45) is 1.99. The molecule has 0 saturated heterocycles. The first kappa shape index (κ1) is 17.0. The van der Waals surface area contributed by atoms with Crippen LogP contribution in [0.1, 0.15) is 40.2 Å². The van der Waals surface area contributed by atoms with Gasteiger partial charge < -0.3 is 19.3 Å². The molecule has 0 bridgehead atoms. The Labute approximate surface area is 145 Å². The molecule has 1 aliphatic carbocycles. The summed E-state index contributed by atoms with van der Waals surface area (Å²) in [4.78, 5) is 23.4. The second-order valence-corrected chi connectivity index (χ2v) is 6.03. The molecule has 7 heteroatoms. The quantitative estimate of drug-likeness (QED) is 0.775. The molecule has 1 aliphatic rings. The fraction of sp³-hybridized carbons (Fsp3) is 0.389. The van der Waals surface area contributed by atoms with E-state index >= 15 is 0 Å². The summed E-state index contributed by atoms with van der Waals surface area (Å²) in [6.45, 7) is 3.76. The van der Waals surface area contributed by atoms with Gasteiger partial charge in [0.25, 0.3) is 5.91 Å². The van der Waals surface area contributed by atoms with Crippen molar-refractivity contribution in [1.29, 1.82) is 0 Å². The molecule has 2 aromatic rings. The highest BCUT2D eigenvalue weighted by molar-refractivity contribution is 5.91. The maximum absolute atomic E-state index is 11.9. The summed E-state index contributed by atoms with van der Waals surface area (Å²) in [6, 6.07) is 6.81. The van der Waals surface area contributed by atoms with Crippen LogP contribution in [0.5, 0.6) is 5.75 Å². The van der Waals surface area contributed by atoms with Crippen molar-refractivity contribution < 1.29 is 23.6 Å². The number of benzene rings is 1. The Hall–Kier alpha value is -2.83. The smallest absolute Gasteiger partial charge is 0.338 e. The zero-order valence-corrected chi connectivity index (χ0v) is 14.2. The third-order valence-corrected chi connectivity index (χ3v) is 3.93. The van der Waals surface area contributed by atoms with Crippen molar-refractivity contribution in [2.75, 3.05) is 6.61 Å². The number of nitrogens with one attached hydrogen (secondary N) is 1. The zero-order valence-electron chi connectivity index (χ0n) is 14.2. The van der Waals surface area contributed by atoms with Gasteiger partial charge in [0.2, 0.25) is 0 Å². The van der Waals surface area contributed by atoms with Crippen molar-refractivity contribution in [3.05, 3.63) is 46.8 Å². The van der Waals surface area contributed by atoms with Gasteiger partial charge in [0.15, 0.2) is 6.61 Å². The molecule has 7 nitrogen and oxygen atoms in total. The molecular formula is C18H20N2O5. The SMILES string of the molecule is Cc1noc(C)c1COc1ccc(C(=O)OCC(=O)NC2CC2)cc1. The number of rotatable bonds is 7. The van der Waals surface area contributed by atoms with Crippen molar-refractivity contribution >= 4 is 11.9 Å². The number of esters is 1. The van der Waals surface area contributed by atoms with Gasteiger partial charge in [-0.15, -0.1) is 0 Å². The topological polar surface area (TPSA) is 90.7 Å². The summed E-state index contributed by atoms with van der Waals surface area (Å²) >= 11 is 0. The van der Waals surface area contributed by atoms with Crippen LogP contribution in [0.3, 0.4) is 0 Å². The molecule has 0 aliphatic heterocycles. The number of carbonyl (C=O) groups is 2. The number of ether oxygens (including phenoxy) is 2. The summed E-state index contributed by atoms with van der Waals surface area (Å²) in [5, 5.41) is 6.63. The van der Waals surface area contributed by atoms with Crippen molar-refractivity contribution in [2.45, 2.75) is 39.3 Å². The molecule has 1 aromatic carbocycles. The zero-order chi connectivity index (χ0) is 17.8. The van der Waals surface area contributed by atoms with Crippen molar-refractivity contribution in [2.24, 2.45) is 0 Å². The Kier molecular flexibility index (Phi) is 5.02. The minimum atomic E-state index is -0.539. The minimum absolute atomic E-state index is 0.250. The van der Waals surface area contributed by atoms with Gasteiger partial charge in [-0.2, -0.15) is 0 Å². The Morgan fingerprint density at radius 2 is 1.96 bits per heavy atom. The monoisotopic (exact) mass is 344 g/mol. The van der Waals surface area contributed by atoms with Gasteiger partial charge in [0, 0.05) is 6.04 Å². The molecular weight excluding hydrogens is 324 g/mol. The first-order valence-corrected chi connectivity index (χ1v) is 8.14. The van der Waals surface area contributed by atoms with Crippen LogP contribution >= 0.6 is 0 Å². The van der Waals surface area contributed by atoms with Crippen LogP contribution in [0.2, 0.25) is 0 Å². The van der Waals surface area contributed by atoms with Gasteiger partial charge >= 0.3 is 5.97 Å². The summed E-state index contributed by atoms with van der Waals surface area (Å²) in [5.74, 6) is 0.531. The third kappa shape index (κ3) is 4.59. The first-order valence-electron chi connectivity index (χ1n) is 8.14. The number of hydrogen-bond acceptors (Lipinski definition) is 6. The second-order valence-electron chi connectivity index (χ2n) is 6.03. The summed E-state index contributed by atoms with van der Waals surface area (Å²) < 4.78 is 15.8. The van der Waals surface area contributed by atoms with Gasteiger partial charge in [-0.3, -0.25) is 4.79 Å². The van der Waals surface area contributed by atoms with E-state index in [0.717, 1.165) is 29.9 Å². The van der Waals surface area contributed by atoms with E-state index in [0.29, 0.717) is 17.9 Å². The number of nitrogens with zero attached hydrogens (tertiary/aromatic N) is 1.